The van der Waals surface area contributed by atoms with Gasteiger partial charge in [0.1, 0.15) is 6.54 Å². The number of nitrogens with one attached hydrogen (secondary N) is 1. The van der Waals surface area contributed by atoms with Gasteiger partial charge in [-0.05, 0) is 37.8 Å². The molecule has 6 amide bonds. The van der Waals surface area contributed by atoms with Crippen LogP contribution in [0, 0.1) is 5.92 Å². The molecule has 4 rings (SSSR count). The van der Waals surface area contributed by atoms with Crippen LogP contribution in [-0.2, 0) is 19.2 Å². The second-order valence-electron chi connectivity index (χ2n) is 8.56. The van der Waals surface area contributed by atoms with Crippen molar-refractivity contribution in [2.24, 2.45) is 5.92 Å². The zero-order valence-corrected chi connectivity index (χ0v) is 17.7. The Morgan fingerprint density at radius 2 is 1.74 bits per heavy atom. The summed E-state index contributed by atoms with van der Waals surface area (Å²) in [6.07, 6.45) is 3.55. The van der Waals surface area contributed by atoms with Crippen LogP contribution in [0.1, 0.15) is 46.0 Å². The molecule has 2 fully saturated rings. The van der Waals surface area contributed by atoms with Gasteiger partial charge in [0.15, 0.2) is 0 Å². The summed E-state index contributed by atoms with van der Waals surface area (Å²) in [4.78, 5) is 66.8. The molecular formula is C22H26N4O5. The summed E-state index contributed by atoms with van der Waals surface area (Å²) in [6.45, 7) is 3.16. The molecule has 0 unspecified atom stereocenters. The summed E-state index contributed by atoms with van der Waals surface area (Å²) in [5, 5.41) is 2.77. The Balaban J connectivity index is 1.58. The standard InChI is InChI=1S/C22H26N4O5/c1-13-7-3-5-9-16(13)26-21(30)20(29)24(22(26)31)12-19(28)25-14(2)11-18(27)23-15-8-4-6-10-17(15)25/h4,6,8,10,13-14,16H,3,5,7,9,11-12H2,1-2H3,(H,23,27)/t13-,14+,16+/m1/s1. The molecular weight excluding hydrogens is 400 g/mol. The molecule has 2 aliphatic heterocycles. The van der Waals surface area contributed by atoms with E-state index in [0.717, 1.165) is 29.1 Å². The van der Waals surface area contributed by atoms with Crippen LogP contribution < -0.4 is 10.2 Å². The van der Waals surface area contributed by atoms with Crippen molar-refractivity contribution in [3.05, 3.63) is 24.3 Å². The minimum absolute atomic E-state index is 0.0763. The third-order valence-electron chi connectivity index (χ3n) is 6.40. The third-order valence-corrected chi connectivity index (χ3v) is 6.40. The van der Waals surface area contributed by atoms with Crippen molar-refractivity contribution >= 4 is 41.0 Å². The van der Waals surface area contributed by atoms with Crippen molar-refractivity contribution in [2.75, 3.05) is 16.8 Å². The number of anilines is 2. The zero-order chi connectivity index (χ0) is 22.3. The summed E-state index contributed by atoms with van der Waals surface area (Å²) in [6, 6.07) is 5.34. The molecule has 1 aromatic rings. The van der Waals surface area contributed by atoms with E-state index in [2.05, 4.69) is 5.32 Å². The molecule has 1 N–H and O–H groups in total. The number of para-hydroxylation sites is 2. The van der Waals surface area contributed by atoms with Crippen LogP contribution in [-0.4, -0.2) is 58.1 Å². The highest BCUT2D eigenvalue weighted by Gasteiger charge is 2.50. The Morgan fingerprint density at radius 1 is 1.03 bits per heavy atom. The van der Waals surface area contributed by atoms with E-state index >= 15 is 0 Å². The van der Waals surface area contributed by atoms with Crippen LogP contribution in [0.25, 0.3) is 0 Å². The SMILES string of the molecule is C[C@@H]1CCCC[C@@H]1N1C(=O)C(=O)N(CC(=O)N2c3ccccc3NC(=O)C[C@@H]2C)C1=O. The molecule has 0 radical (unpaired) electrons. The molecule has 1 aliphatic carbocycles. The molecule has 31 heavy (non-hydrogen) atoms. The number of nitrogens with zero attached hydrogens (tertiary/aromatic N) is 3. The van der Waals surface area contributed by atoms with E-state index in [1.165, 1.54) is 4.90 Å². The summed E-state index contributed by atoms with van der Waals surface area (Å²) in [7, 11) is 0. The molecule has 9 heteroatoms. The Bertz CT molecular complexity index is 961. The average molecular weight is 426 g/mol. The minimum atomic E-state index is -0.971. The normalized spacial score (nSPS) is 26.6. The van der Waals surface area contributed by atoms with Crippen molar-refractivity contribution in [1.29, 1.82) is 0 Å². The molecule has 0 spiro atoms. The van der Waals surface area contributed by atoms with Crippen LogP contribution in [0.5, 0.6) is 0 Å². The number of carbonyl (C=O) groups excluding carboxylic acids is 5. The first kappa shape index (κ1) is 21.0. The Kier molecular flexibility index (Phi) is 5.51. The van der Waals surface area contributed by atoms with Gasteiger partial charge < -0.3 is 10.2 Å². The second kappa shape index (κ2) is 8.13. The number of carbonyl (C=O) groups is 5. The predicted octanol–water partition coefficient (Wildman–Crippen LogP) is 2.12. The molecule has 0 aromatic heterocycles. The smallest absolute Gasteiger partial charge is 0.324 e. The number of benzene rings is 1. The predicted molar refractivity (Wildman–Crippen MR) is 112 cm³/mol. The van der Waals surface area contributed by atoms with Gasteiger partial charge in [-0.3, -0.25) is 24.1 Å². The molecule has 164 valence electrons. The molecule has 0 bridgehead atoms. The fourth-order valence-corrected chi connectivity index (χ4v) is 4.81. The van der Waals surface area contributed by atoms with Gasteiger partial charge in [0, 0.05) is 18.5 Å². The van der Waals surface area contributed by atoms with E-state index in [0.29, 0.717) is 17.8 Å². The van der Waals surface area contributed by atoms with Gasteiger partial charge in [-0.1, -0.05) is 31.9 Å². The van der Waals surface area contributed by atoms with E-state index in [1.807, 2.05) is 6.92 Å². The first-order chi connectivity index (χ1) is 14.8. The van der Waals surface area contributed by atoms with Gasteiger partial charge in [0.05, 0.1) is 11.4 Å². The lowest BCUT2D eigenvalue weighted by atomic mass is 9.85. The van der Waals surface area contributed by atoms with Crippen LogP contribution >= 0.6 is 0 Å². The van der Waals surface area contributed by atoms with Crippen LogP contribution in [0.4, 0.5) is 16.2 Å². The van der Waals surface area contributed by atoms with E-state index in [-0.39, 0.29) is 24.3 Å². The van der Waals surface area contributed by atoms with Gasteiger partial charge in [-0.25, -0.2) is 9.69 Å². The molecule has 1 saturated carbocycles. The number of fused-ring (bicyclic) bond motifs is 1. The Labute approximate surface area is 180 Å². The molecule has 1 saturated heterocycles. The lowest BCUT2D eigenvalue weighted by molar-refractivity contribution is -0.145. The summed E-state index contributed by atoms with van der Waals surface area (Å²) in [5.74, 6) is -2.47. The average Bonchev–Trinajstić information content (AvgIpc) is 2.85. The molecule has 9 nitrogen and oxygen atoms in total. The van der Waals surface area contributed by atoms with Crippen LogP contribution in [0.3, 0.4) is 0 Å². The largest absolute Gasteiger partial charge is 0.334 e. The first-order valence-electron chi connectivity index (χ1n) is 10.7. The first-order valence-corrected chi connectivity index (χ1v) is 10.7. The third kappa shape index (κ3) is 3.68. The molecule has 3 aliphatic rings. The number of hydrogen-bond acceptors (Lipinski definition) is 5. The number of urea groups is 1. The van der Waals surface area contributed by atoms with Crippen molar-refractivity contribution in [3.8, 4) is 0 Å². The fraction of sp³-hybridized carbons (Fsp3) is 0.500. The number of rotatable bonds is 3. The maximum Gasteiger partial charge on any atom is 0.334 e. The second-order valence-corrected chi connectivity index (χ2v) is 8.56. The lowest BCUT2D eigenvalue weighted by Crippen LogP contribution is -2.48. The van der Waals surface area contributed by atoms with E-state index in [9.17, 15) is 24.0 Å². The quantitative estimate of drug-likeness (QED) is 0.589. The Morgan fingerprint density at radius 3 is 2.48 bits per heavy atom. The zero-order valence-electron chi connectivity index (χ0n) is 17.7. The van der Waals surface area contributed by atoms with Crippen molar-refractivity contribution in [1.82, 2.24) is 9.80 Å². The van der Waals surface area contributed by atoms with Crippen LogP contribution in [0.15, 0.2) is 24.3 Å². The minimum Gasteiger partial charge on any atom is -0.324 e. The monoisotopic (exact) mass is 426 g/mol. The fourth-order valence-electron chi connectivity index (χ4n) is 4.81. The van der Waals surface area contributed by atoms with E-state index in [4.69, 9.17) is 0 Å². The summed E-state index contributed by atoms with van der Waals surface area (Å²) >= 11 is 0. The van der Waals surface area contributed by atoms with Gasteiger partial charge in [-0.15, -0.1) is 0 Å². The van der Waals surface area contributed by atoms with Crippen molar-refractivity contribution in [3.63, 3.8) is 0 Å². The van der Waals surface area contributed by atoms with Gasteiger partial charge in [-0.2, -0.15) is 0 Å². The van der Waals surface area contributed by atoms with Crippen molar-refractivity contribution in [2.45, 2.75) is 58.0 Å². The highest BCUT2D eigenvalue weighted by atomic mass is 16.2. The van der Waals surface area contributed by atoms with E-state index < -0.39 is 36.3 Å². The van der Waals surface area contributed by atoms with Crippen molar-refractivity contribution < 1.29 is 24.0 Å². The molecule has 2 heterocycles. The maximum absolute atomic E-state index is 13.2. The number of hydrogen-bond donors (Lipinski definition) is 1. The summed E-state index contributed by atoms with van der Waals surface area (Å²) < 4.78 is 0. The highest BCUT2D eigenvalue weighted by Crippen LogP contribution is 2.33. The van der Waals surface area contributed by atoms with Crippen LogP contribution in [0.2, 0.25) is 0 Å². The topological polar surface area (TPSA) is 107 Å². The Hall–Kier alpha value is -3.23. The summed E-state index contributed by atoms with van der Waals surface area (Å²) in [5.41, 5.74) is 0.979. The maximum atomic E-state index is 13.2. The van der Waals surface area contributed by atoms with Gasteiger partial charge in [0.2, 0.25) is 11.8 Å². The van der Waals surface area contributed by atoms with Gasteiger partial charge >= 0.3 is 17.8 Å². The molecule has 3 atom stereocenters. The lowest BCUT2D eigenvalue weighted by Gasteiger charge is -2.34. The number of imide groups is 2. The highest BCUT2D eigenvalue weighted by molar-refractivity contribution is 6.45. The van der Waals surface area contributed by atoms with Gasteiger partial charge in [0.25, 0.3) is 0 Å². The molecule has 1 aromatic carbocycles. The number of amides is 6. The van der Waals surface area contributed by atoms with E-state index in [1.54, 1.807) is 31.2 Å².